The van der Waals surface area contributed by atoms with Gasteiger partial charge >= 0.3 is 0 Å². The van der Waals surface area contributed by atoms with Crippen molar-refractivity contribution in [2.24, 2.45) is 5.92 Å². The van der Waals surface area contributed by atoms with Gasteiger partial charge in [-0.3, -0.25) is 0 Å². The maximum absolute atomic E-state index is 2.47. The predicted octanol–water partition coefficient (Wildman–Crippen LogP) is 27.1. The molecule has 0 amide bonds. The Morgan fingerprint density at radius 2 is 0.583 bits per heavy atom. The van der Waals surface area contributed by atoms with E-state index < -0.39 is 0 Å². The maximum atomic E-state index is 2.47. The number of unbranched alkanes of at least 4 members (excludes halogenated alkanes) is 1. The number of para-hydroxylation sites is 8. The zero-order valence-electron chi connectivity index (χ0n) is 63.9. The Balaban J connectivity index is 0.000000116. The molecule has 0 unspecified atom stereocenters. The molecule has 0 aliphatic heterocycles. The fourth-order valence-corrected chi connectivity index (χ4v) is 15.6. The first kappa shape index (κ1) is 71.1. The van der Waals surface area contributed by atoms with Crippen LogP contribution < -0.4 is 19.6 Å². The van der Waals surface area contributed by atoms with Crippen molar-refractivity contribution in [2.45, 2.75) is 73.0 Å². The summed E-state index contributed by atoms with van der Waals surface area (Å²) < 4.78 is 9.75. The van der Waals surface area contributed by atoms with Gasteiger partial charge in [-0.25, -0.2) is 0 Å². The fourth-order valence-electron chi connectivity index (χ4n) is 15.6. The van der Waals surface area contributed by atoms with Gasteiger partial charge in [0.25, 0.3) is 0 Å². The van der Waals surface area contributed by atoms with Crippen molar-refractivity contribution in [1.29, 1.82) is 0 Å². The molecule has 0 atom stereocenters. The molecule has 0 saturated carbocycles. The van der Waals surface area contributed by atoms with Crippen LogP contribution in [0.4, 0.5) is 45.5 Å². The molecule has 536 valence electrons. The molecular formula is C100H96N8. The molecule has 0 aliphatic carbocycles. The van der Waals surface area contributed by atoms with Crippen molar-refractivity contribution in [3.8, 4) is 16.8 Å². The van der Waals surface area contributed by atoms with Gasteiger partial charge in [0.15, 0.2) is 0 Å². The number of benzene rings is 14. The first-order valence-electron chi connectivity index (χ1n) is 38.1. The molecule has 0 radical (unpaired) electrons. The summed E-state index contributed by atoms with van der Waals surface area (Å²) in [4.78, 5) is 8.97. The Kier molecular flexibility index (Phi) is 20.6. The van der Waals surface area contributed by atoms with Gasteiger partial charge in [0.05, 0.1) is 11.0 Å². The van der Waals surface area contributed by atoms with E-state index in [1.807, 2.05) is 0 Å². The second kappa shape index (κ2) is 31.3. The van der Waals surface area contributed by atoms with E-state index in [1.54, 1.807) is 0 Å². The van der Waals surface area contributed by atoms with Gasteiger partial charge in [0, 0.05) is 174 Å². The van der Waals surface area contributed by atoms with Gasteiger partial charge < -0.3 is 37.9 Å². The highest BCUT2D eigenvalue weighted by atomic mass is 15.1. The Morgan fingerprint density at radius 1 is 0.278 bits per heavy atom. The number of hydrogen-bond donors (Lipinski definition) is 0. The van der Waals surface area contributed by atoms with E-state index in [4.69, 9.17) is 0 Å². The molecule has 0 saturated heterocycles. The normalized spacial score (nSPS) is 11.5. The number of aromatic nitrogens is 4. The summed E-state index contributed by atoms with van der Waals surface area (Å²) >= 11 is 0. The van der Waals surface area contributed by atoms with Gasteiger partial charge in [0.1, 0.15) is 0 Å². The molecule has 0 aliphatic rings. The minimum atomic E-state index is 0.0359. The van der Waals surface area contributed by atoms with Gasteiger partial charge in [-0.15, -0.1) is 0 Å². The van der Waals surface area contributed by atoms with E-state index in [0.29, 0.717) is 5.92 Å². The largest absolute Gasteiger partial charge is 0.345 e. The first-order valence-corrected chi connectivity index (χ1v) is 38.1. The lowest BCUT2D eigenvalue weighted by molar-refractivity contribution is 0.423. The zero-order valence-corrected chi connectivity index (χ0v) is 63.9. The summed E-state index contributed by atoms with van der Waals surface area (Å²) in [7, 11) is 8.51. The van der Waals surface area contributed by atoms with Gasteiger partial charge in [-0.1, -0.05) is 209 Å². The van der Waals surface area contributed by atoms with Crippen LogP contribution in [-0.4, -0.2) is 46.5 Å². The van der Waals surface area contributed by atoms with Gasteiger partial charge in [-0.05, 0) is 208 Å². The second-order valence-corrected chi connectivity index (χ2v) is 29.7. The van der Waals surface area contributed by atoms with Crippen LogP contribution in [0, 0.1) is 5.92 Å². The zero-order chi connectivity index (χ0) is 74.4. The van der Waals surface area contributed by atoms with Crippen LogP contribution in [0.1, 0.15) is 54.4 Å². The number of fused-ring (bicyclic) bond motifs is 12. The number of aryl methyl sites for hydroxylation is 1. The summed E-state index contributed by atoms with van der Waals surface area (Å²) in [5.74, 6) is 0.616. The van der Waals surface area contributed by atoms with Gasteiger partial charge in [-0.2, -0.15) is 0 Å². The molecule has 108 heavy (non-hydrogen) atoms. The van der Waals surface area contributed by atoms with E-state index >= 15 is 0 Å². The molecule has 4 aromatic heterocycles. The summed E-state index contributed by atoms with van der Waals surface area (Å²) in [6.45, 7) is 15.7. The topological polar surface area (TPSA) is 32.7 Å². The van der Waals surface area contributed by atoms with E-state index in [0.717, 1.165) is 13.1 Å². The third-order valence-electron chi connectivity index (χ3n) is 21.1. The summed E-state index contributed by atoms with van der Waals surface area (Å²) in [5.41, 5.74) is 23.6. The standard InChI is InChI=1S/C31H24N2.3C23H24N2/c1-32(25-13-7-3-8-14-25)27-18-20-31-29(22-27)28-21-24(23-11-5-2-6-12-23)17-19-30(28)33(31)26-15-9-4-10-16-26;1-23(2,3)25-21-13-9-8-12-19(21)20-16-18(14-15-22(20)25)24(4)17-10-6-5-7-11-17;1-17(2)16-25-22-12-8-7-11-20(22)21-15-19(13-14-23(21)25)24(3)18-9-5-4-6-10-18;1-3-4-16-25-22-13-9-8-12-20(22)21-17-19(14-15-23(21)25)24(2)18-10-6-5-7-11-18/h2-22H,1H3;5-16H,1-4H3;4-15,17H,16H2,1-3H3;5-15,17H,3-4,16H2,1-2H3. The first-order chi connectivity index (χ1) is 52.7. The monoisotopic (exact) mass is 1410 g/mol. The molecule has 0 spiro atoms. The van der Waals surface area contributed by atoms with Crippen LogP contribution in [-0.2, 0) is 18.6 Å². The predicted molar refractivity (Wildman–Crippen MR) is 467 cm³/mol. The van der Waals surface area contributed by atoms with E-state index in [1.165, 1.54) is 162 Å². The third kappa shape index (κ3) is 14.4. The van der Waals surface area contributed by atoms with Crippen LogP contribution in [0.15, 0.2) is 346 Å². The van der Waals surface area contributed by atoms with Crippen molar-refractivity contribution < 1.29 is 0 Å². The molecule has 4 heterocycles. The summed E-state index contributed by atoms with van der Waals surface area (Å²) in [6.07, 6.45) is 2.42. The highest BCUT2D eigenvalue weighted by Crippen LogP contribution is 2.42. The molecule has 0 bridgehead atoms. The number of hydrogen-bond acceptors (Lipinski definition) is 4. The minimum Gasteiger partial charge on any atom is -0.345 e. The van der Waals surface area contributed by atoms with Crippen LogP contribution in [0.2, 0.25) is 0 Å². The Labute approximate surface area is 636 Å². The van der Waals surface area contributed by atoms with E-state index in [9.17, 15) is 0 Å². The highest BCUT2D eigenvalue weighted by Gasteiger charge is 2.23. The SMILES string of the molecule is CC(C)Cn1c2ccccc2c2cc(N(C)c3ccccc3)ccc21.CCCCn1c2ccccc2c2cc(N(C)c3ccccc3)ccc21.CN(c1ccccc1)c1ccc2c(c1)c1cc(-c3ccccc3)ccc1n2-c1ccccc1.CN(c1ccccc1)c1ccc2c(c1)c1ccccc1n2C(C)(C)C. The summed E-state index contributed by atoms with van der Waals surface area (Å²) in [5, 5.41) is 10.5. The number of rotatable bonds is 15. The molecule has 8 nitrogen and oxygen atoms in total. The molecular weight excluding hydrogens is 1310 g/mol. The lowest BCUT2D eigenvalue weighted by atomic mass is 10.0. The quantitative estimate of drug-likeness (QED) is 0.102. The van der Waals surface area contributed by atoms with Crippen molar-refractivity contribution in [3.63, 3.8) is 0 Å². The van der Waals surface area contributed by atoms with Crippen LogP contribution in [0.25, 0.3) is 104 Å². The van der Waals surface area contributed by atoms with Crippen LogP contribution >= 0.6 is 0 Å². The van der Waals surface area contributed by atoms with E-state index in [-0.39, 0.29) is 5.54 Å². The minimum absolute atomic E-state index is 0.0359. The molecule has 18 rings (SSSR count). The maximum Gasteiger partial charge on any atom is 0.0542 e. The molecule has 14 aromatic carbocycles. The molecule has 18 aromatic rings. The smallest absolute Gasteiger partial charge is 0.0542 e. The van der Waals surface area contributed by atoms with E-state index in [2.05, 4.69) is 453 Å². The van der Waals surface area contributed by atoms with Crippen molar-refractivity contribution in [1.82, 2.24) is 18.3 Å². The number of anilines is 8. The van der Waals surface area contributed by atoms with Crippen molar-refractivity contribution in [3.05, 3.63) is 346 Å². The summed E-state index contributed by atoms with van der Waals surface area (Å²) in [6, 6.07) is 124. The van der Waals surface area contributed by atoms with Crippen molar-refractivity contribution in [2.75, 3.05) is 47.8 Å². The molecule has 0 N–H and O–H groups in total. The lowest BCUT2D eigenvalue weighted by Crippen LogP contribution is -2.21. The van der Waals surface area contributed by atoms with Gasteiger partial charge in [0.2, 0.25) is 0 Å². The third-order valence-corrected chi connectivity index (χ3v) is 21.1. The second-order valence-electron chi connectivity index (χ2n) is 29.7. The van der Waals surface area contributed by atoms with Crippen LogP contribution in [0.5, 0.6) is 0 Å². The lowest BCUT2D eigenvalue weighted by Gasteiger charge is -2.24. The van der Waals surface area contributed by atoms with Crippen molar-refractivity contribution >= 4 is 133 Å². The Hall–Kier alpha value is -12.5. The molecule has 8 heteroatoms. The Morgan fingerprint density at radius 3 is 1.01 bits per heavy atom. The fraction of sp³-hybridized carbons (Fsp3) is 0.160. The average molecular weight is 1410 g/mol. The van der Waals surface area contributed by atoms with Crippen LogP contribution in [0.3, 0.4) is 0 Å². The highest BCUT2D eigenvalue weighted by molar-refractivity contribution is 6.13. The molecule has 0 fully saturated rings. The number of nitrogens with zero attached hydrogens (tertiary/aromatic N) is 8. The Bertz CT molecular complexity index is 6090. The average Bonchev–Trinajstić information content (AvgIpc) is 1.61.